The Hall–Kier alpha value is -1.26. The molecule has 1 aromatic rings. The Morgan fingerprint density at radius 1 is 1.00 bits per heavy atom. The number of nitrogens with one attached hydrogen (secondary N) is 1. The van der Waals surface area contributed by atoms with Crippen molar-refractivity contribution in [2.45, 2.75) is 39.0 Å². The number of rotatable bonds is 6. The Morgan fingerprint density at radius 3 is 1.89 bits per heavy atom. The molecule has 4 nitrogen and oxygen atoms in total. The summed E-state index contributed by atoms with van der Waals surface area (Å²) in [5, 5.41) is 13.6. The number of aliphatic hydroxyl groups excluding tert-OH is 1. The molecule has 0 saturated heterocycles. The summed E-state index contributed by atoms with van der Waals surface area (Å²) >= 11 is 0. The molecular formula is C14H23NO3. The monoisotopic (exact) mass is 253 g/mol. The van der Waals surface area contributed by atoms with E-state index in [-0.39, 0.29) is 6.04 Å². The minimum absolute atomic E-state index is 0.0400. The molecule has 4 heteroatoms. The first-order valence-corrected chi connectivity index (χ1v) is 6.15. The third kappa shape index (κ3) is 3.89. The van der Waals surface area contributed by atoms with Gasteiger partial charge in [0.2, 0.25) is 0 Å². The van der Waals surface area contributed by atoms with Crippen LogP contribution in [0, 0.1) is 0 Å². The Labute approximate surface area is 109 Å². The number of ether oxygens (including phenoxy) is 2. The SMILES string of the molecule is COc1cc(OC)cc([C@H](O)[C@@H](C)NC(C)C)c1. The van der Waals surface area contributed by atoms with Crippen LogP contribution >= 0.6 is 0 Å². The Morgan fingerprint density at radius 2 is 1.50 bits per heavy atom. The van der Waals surface area contributed by atoms with Crippen molar-refractivity contribution in [1.82, 2.24) is 5.32 Å². The predicted octanol–water partition coefficient (Wildman–Crippen LogP) is 2.12. The second-order valence-corrected chi connectivity index (χ2v) is 4.70. The number of aliphatic hydroxyl groups is 1. The molecule has 0 fully saturated rings. The molecule has 0 saturated carbocycles. The van der Waals surface area contributed by atoms with Crippen LogP contribution in [-0.2, 0) is 0 Å². The van der Waals surface area contributed by atoms with Crippen LogP contribution in [-0.4, -0.2) is 31.4 Å². The van der Waals surface area contributed by atoms with E-state index in [9.17, 15) is 5.11 Å². The lowest BCUT2D eigenvalue weighted by Gasteiger charge is -2.23. The highest BCUT2D eigenvalue weighted by Gasteiger charge is 2.18. The van der Waals surface area contributed by atoms with Crippen LogP contribution in [0.2, 0.25) is 0 Å². The second-order valence-electron chi connectivity index (χ2n) is 4.70. The lowest BCUT2D eigenvalue weighted by molar-refractivity contribution is 0.131. The maximum Gasteiger partial charge on any atom is 0.122 e. The maximum atomic E-state index is 10.3. The van der Waals surface area contributed by atoms with Gasteiger partial charge in [-0.05, 0) is 24.6 Å². The fraction of sp³-hybridized carbons (Fsp3) is 0.571. The number of hydrogen-bond donors (Lipinski definition) is 2. The van der Waals surface area contributed by atoms with Gasteiger partial charge in [-0.25, -0.2) is 0 Å². The third-order valence-electron chi connectivity index (χ3n) is 2.79. The Kier molecular flexibility index (Phi) is 5.44. The third-order valence-corrected chi connectivity index (χ3v) is 2.79. The standard InChI is InChI=1S/C14H23NO3/c1-9(2)15-10(3)14(16)11-6-12(17-4)8-13(7-11)18-5/h6-10,14-16H,1-5H3/t10-,14-/m1/s1. The maximum absolute atomic E-state index is 10.3. The zero-order valence-electron chi connectivity index (χ0n) is 11.7. The molecule has 0 aliphatic rings. The first kappa shape index (κ1) is 14.8. The summed E-state index contributed by atoms with van der Waals surface area (Å²) in [6, 6.07) is 5.72. The van der Waals surface area contributed by atoms with Crippen molar-refractivity contribution in [3.8, 4) is 11.5 Å². The Bertz CT molecular complexity index is 357. The summed E-state index contributed by atoms with van der Waals surface area (Å²) in [6.07, 6.45) is -0.601. The van der Waals surface area contributed by atoms with E-state index in [1.54, 1.807) is 20.3 Å². The van der Waals surface area contributed by atoms with E-state index in [2.05, 4.69) is 19.2 Å². The van der Waals surface area contributed by atoms with Gasteiger partial charge in [0.15, 0.2) is 0 Å². The summed E-state index contributed by atoms with van der Waals surface area (Å²) in [4.78, 5) is 0. The molecule has 0 radical (unpaired) electrons. The van der Waals surface area contributed by atoms with E-state index in [0.29, 0.717) is 17.5 Å². The van der Waals surface area contributed by atoms with Gasteiger partial charge in [0.1, 0.15) is 11.5 Å². The van der Waals surface area contributed by atoms with Crippen molar-refractivity contribution in [3.63, 3.8) is 0 Å². The summed E-state index contributed by atoms with van der Waals surface area (Å²) in [7, 11) is 3.20. The Balaban J connectivity index is 2.93. The zero-order chi connectivity index (χ0) is 13.7. The molecule has 0 unspecified atom stereocenters. The molecular weight excluding hydrogens is 230 g/mol. The molecule has 0 heterocycles. The molecule has 1 rings (SSSR count). The summed E-state index contributed by atoms with van der Waals surface area (Å²) in [6.45, 7) is 6.06. The van der Waals surface area contributed by atoms with Gasteiger partial charge >= 0.3 is 0 Å². The van der Waals surface area contributed by atoms with Crippen molar-refractivity contribution < 1.29 is 14.6 Å². The molecule has 0 spiro atoms. The number of hydrogen-bond acceptors (Lipinski definition) is 4. The molecule has 2 N–H and O–H groups in total. The quantitative estimate of drug-likeness (QED) is 0.815. The smallest absolute Gasteiger partial charge is 0.122 e. The van der Waals surface area contributed by atoms with Crippen LogP contribution in [0.5, 0.6) is 11.5 Å². The second kappa shape index (κ2) is 6.61. The van der Waals surface area contributed by atoms with Crippen molar-refractivity contribution in [2.75, 3.05) is 14.2 Å². The summed E-state index contributed by atoms with van der Waals surface area (Å²) in [5.41, 5.74) is 0.784. The largest absolute Gasteiger partial charge is 0.497 e. The van der Waals surface area contributed by atoms with Crippen LogP contribution in [0.15, 0.2) is 18.2 Å². The summed E-state index contributed by atoms with van der Waals surface area (Å²) < 4.78 is 10.4. The molecule has 2 atom stereocenters. The lowest BCUT2D eigenvalue weighted by Crippen LogP contribution is -2.36. The number of benzene rings is 1. The summed E-state index contributed by atoms with van der Waals surface area (Å²) in [5.74, 6) is 1.36. The molecule has 0 aromatic heterocycles. The molecule has 18 heavy (non-hydrogen) atoms. The molecule has 0 amide bonds. The van der Waals surface area contributed by atoms with Crippen LogP contribution in [0.3, 0.4) is 0 Å². The molecule has 0 aliphatic carbocycles. The highest BCUT2D eigenvalue weighted by Crippen LogP contribution is 2.27. The van der Waals surface area contributed by atoms with Gasteiger partial charge in [-0.1, -0.05) is 13.8 Å². The fourth-order valence-electron chi connectivity index (χ4n) is 1.91. The minimum Gasteiger partial charge on any atom is -0.497 e. The van der Waals surface area contributed by atoms with Crippen molar-refractivity contribution in [3.05, 3.63) is 23.8 Å². The van der Waals surface area contributed by atoms with Crippen LogP contribution in [0.25, 0.3) is 0 Å². The van der Waals surface area contributed by atoms with E-state index in [0.717, 1.165) is 5.56 Å². The minimum atomic E-state index is -0.601. The van der Waals surface area contributed by atoms with Crippen molar-refractivity contribution >= 4 is 0 Å². The van der Waals surface area contributed by atoms with Crippen LogP contribution in [0.4, 0.5) is 0 Å². The van der Waals surface area contributed by atoms with Gasteiger partial charge < -0.3 is 19.9 Å². The predicted molar refractivity (Wildman–Crippen MR) is 72.2 cm³/mol. The topological polar surface area (TPSA) is 50.7 Å². The van der Waals surface area contributed by atoms with Gasteiger partial charge in [0, 0.05) is 18.2 Å². The first-order chi connectivity index (χ1) is 8.47. The van der Waals surface area contributed by atoms with E-state index in [1.165, 1.54) is 0 Å². The van der Waals surface area contributed by atoms with Crippen LogP contribution in [0.1, 0.15) is 32.4 Å². The van der Waals surface area contributed by atoms with Gasteiger partial charge in [0.05, 0.1) is 20.3 Å². The highest BCUT2D eigenvalue weighted by atomic mass is 16.5. The fourth-order valence-corrected chi connectivity index (χ4v) is 1.91. The van der Waals surface area contributed by atoms with E-state index in [4.69, 9.17) is 9.47 Å². The highest BCUT2D eigenvalue weighted by molar-refractivity contribution is 5.39. The molecule has 0 bridgehead atoms. The van der Waals surface area contributed by atoms with E-state index < -0.39 is 6.10 Å². The molecule has 102 valence electrons. The van der Waals surface area contributed by atoms with E-state index >= 15 is 0 Å². The molecule has 0 aliphatic heterocycles. The average molecular weight is 253 g/mol. The lowest BCUT2D eigenvalue weighted by atomic mass is 10.0. The average Bonchev–Trinajstić information content (AvgIpc) is 2.36. The first-order valence-electron chi connectivity index (χ1n) is 6.15. The van der Waals surface area contributed by atoms with Gasteiger partial charge in [-0.3, -0.25) is 0 Å². The van der Waals surface area contributed by atoms with Crippen LogP contribution < -0.4 is 14.8 Å². The van der Waals surface area contributed by atoms with E-state index in [1.807, 2.05) is 19.1 Å². The van der Waals surface area contributed by atoms with Crippen molar-refractivity contribution in [2.24, 2.45) is 0 Å². The molecule has 1 aromatic carbocycles. The van der Waals surface area contributed by atoms with Crippen molar-refractivity contribution in [1.29, 1.82) is 0 Å². The van der Waals surface area contributed by atoms with Gasteiger partial charge in [-0.15, -0.1) is 0 Å². The number of methoxy groups -OCH3 is 2. The zero-order valence-corrected chi connectivity index (χ0v) is 11.7. The van der Waals surface area contributed by atoms with Gasteiger partial charge in [-0.2, -0.15) is 0 Å². The normalized spacial score (nSPS) is 14.4. The van der Waals surface area contributed by atoms with Gasteiger partial charge in [0.25, 0.3) is 0 Å².